The summed E-state index contributed by atoms with van der Waals surface area (Å²) in [6.45, 7) is 17.2. The Labute approximate surface area is 240 Å². The first-order chi connectivity index (χ1) is 18.5. The maximum atomic E-state index is 13.6. The summed E-state index contributed by atoms with van der Waals surface area (Å²) in [5.74, 6) is 1.04. The summed E-state index contributed by atoms with van der Waals surface area (Å²) in [5, 5.41) is 22.9. The van der Waals surface area contributed by atoms with Crippen molar-refractivity contribution >= 4 is 11.8 Å². The Kier molecular flexibility index (Phi) is 6.96. The van der Waals surface area contributed by atoms with Crippen molar-refractivity contribution in [1.82, 2.24) is 0 Å². The SMILES string of the molecule is CC(=O)O[C@H]1CC[C@]2(C)[C@H]3CC[C@@H]4C5=C(C(C)C)C(=O)C[C@]5(C(O)C[N+](=O)[O-])CC[C@@]4(C)[C@]3(C)CC[C@H]2C1(C)C. The molecule has 224 valence electrons. The number of esters is 1. The fraction of sp³-hybridized carbons (Fsp3) is 0.879. The van der Waals surface area contributed by atoms with Crippen LogP contribution in [-0.4, -0.2) is 40.5 Å². The number of carbonyl (C=O) groups excluding carboxylic acids is 2. The molecule has 0 spiro atoms. The van der Waals surface area contributed by atoms with Gasteiger partial charge in [0.05, 0.1) is 0 Å². The number of Topliss-reactive ketones (excluding diaryl/α,β-unsaturated/α-hetero) is 1. The van der Waals surface area contributed by atoms with Crippen molar-refractivity contribution < 1.29 is 24.4 Å². The predicted molar refractivity (Wildman–Crippen MR) is 153 cm³/mol. The molecule has 7 nitrogen and oxygen atoms in total. The van der Waals surface area contributed by atoms with Crippen LogP contribution in [0.4, 0.5) is 0 Å². The van der Waals surface area contributed by atoms with E-state index in [0.29, 0.717) is 18.3 Å². The van der Waals surface area contributed by atoms with Crippen molar-refractivity contribution in [2.24, 2.45) is 50.7 Å². The van der Waals surface area contributed by atoms with Crippen LogP contribution in [0, 0.1) is 60.9 Å². The second-order valence-electron chi connectivity index (χ2n) is 15.8. The summed E-state index contributed by atoms with van der Waals surface area (Å²) >= 11 is 0. The summed E-state index contributed by atoms with van der Waals surface area (Å²) < 4.78 is 5.87. The van der Waals surface area contributed by atoms with Crippen LogP contribution in [-0.2, 0) is 14.3 Å². The van der Waals surface area contributed by atoms with Gasteiger partial charge < -0.3 is 9.84 Å². The lowest BCUT2D eigenvalue weighted by molar-refractivity contribution is -0.494. The number of rotatable bonds is 5. The number of aliphatic hydroxyl groups excluding tert-OH is 1. The highest BCUT2D eigenvalue weighted by atomic mass is 16.6. The molecule has 0 aliphatic heterocycles. The summed E-state index contributed by atoms with van der Waals surface area (Å²) in [4.78, 5) is 36.6. The van der Waals surface area contributed by atoms with E-state index in [4.69, 9.17) is 4.74 Å². The van der Waals surface area contributed by atoms with Gasteiger partial charge in [-0.15, -0.1) is 0 Å². The van der Waals surface area contributed by atoms with Gasteiger partial charge in [-0.3, -0.25) is 19.7 Å². The van der Waals surface area contributed by atoms with Crippen LogP contribution in [0.25, 0.3) is 0 Å². The smallest absolute Gasteiger partial charge is 0.302 e. The van der Waals surface area contributed by atoms with Crippen LogP contribution < -0.4 is 0 Å². The number of ether oxygens (including phenoxy) is 1. The molecule has 0 aromatic carbocycles. The first-order valence-corrected chi connectivity index (χ1v) is 15.7. The first kappa shape index (κ1) is 29.7. The average molecular weight is 558 g/mol. The molecule has 0 heterocycles. The molecule has 0 amide bonds. The number of fused-ring (bicyclic) bond motifs is 7. The molecule has 0 radical (unpaired) electrons. The molecule has 0 aromatic heterocycles. The lowest BCUT2D eigenvalue weighted by Crippen LogP contribution is -2.66. The number of hydrogen-bond donors (Lipinski definition) is 1. The van der Waals surface area contributed by atoms with Crippen LogP contribution in [0.1, 0.15) is 113 Å². The van der Waals surface area contributed by atoms with E-state index in [0.717, 1.165) is 56.1 Å². The van der Waals surface area contributed by atoms with Crippen molar-refractivity contribution in [3.8, 4) is 0 Å². The minimum Gasteiger partial charge on any atom is -0.462 e. The van der Waals surface area contributed by atoms with Crippen molar-refractivity contribution in [2.45, 2.75) is 125 Å². The molecular formula is C33H51NO6. The molecule has 1 N–H and O–H groups in total. The number of nitro groups is 1. The zero-order valence-corrected chi connectivity index (χ0v) is 26.0. The number of hydrogen-bond acceptors (Lipinski definition) is 6. The zero-order valence-electron chi connectivity index (χ0n) is 26.0. The van der Waals surface area contributed by atoms with Gasteiger partial charge in [-0.25, -0.2) is 0 Å². The third kappa shape index (κ3) is 3.84. The van der Waals surface area contributed by atoms with Crippen LogP contribution in [0.15, 0.2) is 11.1 Å². The molecule has 0 aromatic rings. The van der Waals surface area contributed by atoms with Gasteiger partial charge in [0.2, 0.25) is 6.54 Å². The van der Waals surface area contributed by atoms with E-state index in [1.807, 2.05) is 0 Å². The van der Waals surface area contributed by atoms with E-state index >= 15 is 0 Å². The fourth-order valence-electron chi connectivity index (χ4n) is 11.8. The van der Waals surface area contributed by atoms with Crippen molar-refractivity contribution in [1.29, 1.82) is 0 Å². The van der Waals surface area contributed by atoms with Gasteiger partial charge >= 0.3 is 5.97 Å². The highest BCUT2D eigenvalue weighted by molar-refractivity contribution is 6.00. The Bertz CT molecular complexity index is 1140. The summed E-state index contributed by atoms with van der Waals surface area (Å²) in [6, 6.07) is 0. The monoisotopic (exact) mass is 557 g/mol. The maximum absolute atomic E-state index is 13.6. The maximum Gasteiger partial charge on any atom is 0.302 e. The van der Waals surface area contributed by atoms with E-state index in [9.17, 15) is 24.8 Å². The van der Waals surface area contributed by atoms with Gasteiger partial charge in [0.25, 0.3) is 0 Å². The van der Waals surface area contributed by atoms with Crippen molar-refractivity contribution in [3.63, 3.8) is 0 Å². The molecule has 0 bridgehead atoms. The molecule has 5 rings (SSSR count). The summed E-state index contributed by atoms with van der Waals surface area (Å²) in [7, 11) is 0. The molecule has 5 aliphatic carbocycles. The molecule has 4 saturated carbocycles. The third-order valence-corrected chi connectivity index (χ3v) is 13.7. The molecular weight excluding hydrogens is 506 g/mol. The van der Waals surface area contributed by atoms with Gasteiger partial charge in [0.15, 0.2) is 5.78 Å². The minimum atomic E-state index is -1.14. The molecule has 9 atom stereocenters. The largest absolute Gasteiger partial charge is 0.462 e. The molecule has 40 heavy (non-hydrogen) atoms. The third-order valence-electron chi connectivity index (χ3n) is 13.7. The Morgan fingerprint density at radius 3 is 2.27 bits per heavy atom. The second kappa shape index (κ2) is 9.37. The highest BCUT2D eigenvalue weighted by Crippen LogP contribution is 2.77. The average Bonchev–Trinajstić information content (AvgIpc) is 3.14. The number of aliphatic hydroxyl groups is 1. The number of ketones is 1. The van der Waals surface area contributed by atoms with Gasteiger partial charge in [0, 0.05) is 29.1 Å². The Morgan fingerprint density at radius 1 is 1.00 bits per heavy atom. The lowest BCUT2D eigenvalue weighted by atomic mass is 9.33. The summed E-state index contributed by atoms with van der Waals surface area (Å²) in [6.07, 6.45) is 6.65. The molecule has 7 heteroatoms. The summed E-state index contributed by atoms with van der Waals surface area (Å²) in [5.41, 5.74) is 1.15. The van der Waals surface area contributed by atoms with E-state index < -0.39 is 23.0 Å². The molecule has 1 unspecified atom stereocenters. The van der Waals surface area contributed by atoms with Crippen LogP contribution >= 0.6 is 0 Å². The minimum absolute atomic E-state index is 0.0330. The number of carbonyl (C=O) groups is 2. The second-order valence-corrected chi connectivity index (χ2v) is 15.8. The van der Waals surface area contributed by atoms with Crippen LogP contribution in [0.2, 0.25) is 0 Å². The van der Waals surface area contributed by atoms with Crippen LogP contribution in [0.3, 0.4) is 0 Å². The number of nitrogens with zero attached hydrogens (tertiary/aromatic N) is 1. The van der Waals surface area contributed by atoms with Crippen molar-refractivity contribution in [2.75, 3.05) is 6.54 Å². The first-order valence-electron chi connectivity index (χ1n) is 15.7. The van der Waals surface area contributed by atoms with Gasteiger partial charge in [-0.2, -0.15) is 0 Å². The van der Waals surface area contributed by atoms with E-state index in [1.54, 1.807) is 0 Å². The quantitative estimate of drug-likeness (QED) is 0.234. The van der Waals surface area contributed by atoms with Gasteiger partial charge in [-0.1, -0.05) is 54.0 Å². The van der Waals surface area contributed by atoms with Crippen LogP contribution in [0.5, 0.6) is 0 Å². The van der Waals surface area contributed by atoms with Gasteiger partial charge in [0.1, 0.15) is 12.2 Å². The Balaban J connectivity index is 1.56. The van der Waals surface area contributed by atoms with E-state index in [1.165, 1.54) is 6.92 Å². The Hall–Kier alpha value is -1.76. The van der Waals surface area contributed by atoms with E-state index in [2.05, 4.69) is 48.5 Å². The normalized spacial score (nSPS) is 44.8. The zero-order chi connectivity index (χ0) is 29.6. The fourth-order valence-corrected chi connectivity index (χ4v) is 11.8. The Morgan fingerprint density at radius 2 is 1.68 bits per heavy atom. The van der Waals surface area contributed by atoms with Gasteiger partial charge in [-0.05, 0) is 96.9 Å². The lowest BCUT2D eigenvalue weighted by Gasteiger charge is -2.72. The number of allylic oxidation sites excluding steroid dienone is 1. The predicted octanol–water partition coefficient (Wildman–Crippen LogP) is 6.54. The molecule has 4 fully saturated rings. The standard InChI is InChI=1S/C33H51NO6/c1-19(2)27-22(36)17-33(25(37)18-34(38)39)16-15-31(7)21(28(27)33)9-10-24-30(6)13-12-26(40-20(3)35)29(4,5)23(30)11-14-32(24,31)8/h19,21,23-26,37H,9-18H2,1-8H3/t21-,23+,24-,25?,26+,30+,31-,32-,33+/m1/s1. The highest BCUT2D eigenvalue weighted by Gasteiger charge is 2.71. The molecule has 0 saturated heterocycles. The topological polar surface area (TPSA) is 107 Å². The van der Waals surface area contributed by atoms with Crippen molar-refractivity contribution in [3.05, 3.63) is 21.3 Å². The molecule has 5 aliphatic rings. The van der Waals surface area contributed by atoms with E-state index in [-0.39, 0.29) is 57.8 Å².